The molecule has 3 atom stereocenters. The Balaban J connectivity index is 1.32. The molecule has 2 aliphatic rings. The third kappa shape index (κ3) is 4.53. The van der Waals surface area contributed by atoms with Crippen LogP contribution in [0, 0.1) is 5.92 Å². The summed E-state index contributed by atoms with van der Waals surface area (Å²) < 4.78 is 11.8. The molecule has 2 heterocycles. The topological polar surface area (TPSA) is 50.8 Å². The minimum Gasteiger partial charge on any atom is -0.375 e. The van der Waals surface area contributed by atoms with E-state index in [1.807, 2.05) is 18.2 Å². The van der Waals surface area contributed by atoms with E-state index in [-0.39, 0.29) is 12.0 Å². The van der Waals surface area contributed by atoms with Gasteiger partial charge in [-0.3, -0.25) is 9.69 Å². The monoisotopic (exact) mass is 318 g/mol. The molecule has 5 nitrogen and oxygen atoms in total. The molecular weight excluding hydrogens is 292 g/mol. The Morgan fingerprint density at radius 1 is 1.35 bits per heavy atom. The van der Waals surface area contributed by atoms with Crippen LogP contribution in [0.5, 0.6) is 0 Å². The molecule has 0 bridgehead atoms. The number of likely N-dealkylation sites (tertiary alicyclic amines) is 1. The van der Waals surface area contributed by atoms with Crippen LogP contribution in [0.25, 0.3) is 0 Å². The second-order valence-electron chi connectivity index (χ2n) is 6.47. The van der Waals surface area contributed by atoms with Gasteiger partial charge in [0.1, 0.15) is 0 Å². The lowest BCUT2D eigenvalue weighted by atomic mass is 10.0. The molecule has 1 N–H and O–H groups in total. The van der Waals surface area contributed by atoms with Crippen molar-refractivity contribution in [3.8, 4) is 0 Å². The Bertz CT molecular complexity index is 494. The van der Waals surface area contributed by atoms with Crippen molar-refractivity contribution in [1.29, 1.82) is 0 Å². The van der Waals surface area contributed by atoms with E-state index in [4.69, 9.17) is 9.47 Å². The van der Waals surface area contributed by atoms with Gasteiger partial charge >= 0.3 is 0 Å². The number of ether oxygens (including phenoxy) is 2. The van der Waals surface area contributed by atoms with Gasteiger partial charge in [-0.25, -0.2) is 0 Å². The van der Waals surface area contributed by atoms with E-state index in [0.29, 0.717) is 25.0 Å². The van der Waals surface area contributed by atoms with E-state index in [2.05, 4.69) is 22.3 Å². The molecule has 2 aliphatic heterocycles. The molecule has 1 aromatic rings. The molecule has 2 saturated heterocycles. The van der Waals surface area contributed by atoms with Crippen LogP contribution in [0.2, 0.25) is 0 Å². The van der Waals surface area contributed by atoms with Gasteiger partial charge in [0.15, 0.2) is 0 Å². The zero-order chi connectivity index (χ0) is 16.1. The highest BCUT2D eigenvalue weighted by molar-refractivity contribution is 5.76. The lowest BCUT2D eigenvalue weighted by molar-refractivity contribution is -0.123. The quantitative estimate of drug-likeness (QED) is 0.773. The van der Waals surface area contributed by atoms with Crippen LogP contribution in [0.1, 0.15) is 18.4 Å². The number of rotatable bonds is 7. The summed E-state index contributed by atoms with van der Waals surface area (Å²) >= 11 is 0. The van der Waals surface area contributed by atoms with Crippen LogP contribution in [0.15, 0.2) is 30.3 Å². The fourth-order valence-corrected chi connectivity index (χ4v) is 3.53. The minimum atomic E-state index is 0.0705. The van der Waals surface area contributed by atoms with Crippen molar-refractivity contribution in [3.63, 3.8) is 0 Å². The number of amides is 1. The summed E-state index contributed by atoms with van der Waals surface area (Å²) in [6, 6.07) is 10.3. The fourth-order valence-electron chi connectivity index (χ4n) is 3.53. The zero-order valence-corrected chi connectivity index (χ0v) is 13.7. The van der Waals surface area contributed by atoms with Gasteiger partial charge in [0.2, 0.25) is 5.91 Å². The van der Waals surface area contributed by atoms with E-state index in [0.717, 1.165) is 32.7 Å². The van der Waals surface area contributed by atoms with Crippen molar-refractivity contribution in [2.24, 2.45) is 5.92 Å². The molecule has 0 radical (unpaired) electrons. The van der Waals surface area contributed by atoms with Crippen molar-refractivity contribution in [3.05, 3.63) is 35.9 Å². The lowest BCUT2D eigenvalue weighted by Gasteiger charge is -2.18. The van der Waals surface area contributed by atoms with E-state index in [1.165, 1.54) is 5.56 Å². The van der Waals surface area contributed by atoms with Crippen LogP contribution >= 0.6 is 0 Å². The van der Waals surface area contributed by atoms with Crippen molar-refractivity contribution in [1.82, 2.24) is 10.2 Å². The summed E-state index contributed by atoms with van der Waals surface area (Å²) in [6.45, 7) is 4.39. The number of hydrogen-bond donors (Lipinski definition) is 1. The SMILES string of the molecule is CNC(=O)C[C@@H]1C[C@@H]2CN(CCOCc3ccccc3)C[C@@H]2O1. The van der Waals surface area contributed by atoms with Crippen LogP contribution in [-0.2, 0) is 20.9 Å². The number of hydrogen-bond acceptors (Lipinski definition) is 4. The van der Waals surface area contributed by atoms with E-state index in [9.17, 15) is 4.79 Å². The van der Waals surface area contributed by atoms with Crippen molar-refractivity contribution in [2.45, 2.75) is 31.7 Å². The average molecular weight is 318 g/mol. The summed E-state index contributed by atoms with van der Waals surface area (Å²) in [7, 11) is 1.68. The Morgan fingerprint density at radius 2 is 2.17 bits per heavy atom. The minimum absolute atomic E-state index is 0.0705. The predicted octanol–water partition coefficient (Wildman–Crippen LogP) is 1.43. The average Bonchev–Trinajstić information content (AvgIpc) is 3.10. The standard InChI is InChI=1S/C18H26N2O3/c1-19-18(21)10-16-9-15-11-20(12-17(15)23-16)7-8-22-13-14-5-3-2-4-6-14/h2-6,15-17H,7-13H2,1H3,(H,19,21)/t15-,16+,17+/m1/s1. The molecule has 0 aliphatic carbocycles. The van der Waals surface area contributed by atoms with E-state index < -0.39 is 0 Å². The summed E-state index contributed by atoms with van der Waals surface area (Å²) in [4.78, 5) is 13.8. The number of benzene rings is 1. The van der Waals surface area contributed by atoms with Gasteiger partial charge in [-0.05, 0) is 12.0 Å². The molecule has 126 valence electrons. The first-order valence-corrected chi connectivity index (χ1v) is 8.44. The Kier molecular flexibility index (Phi) is 5.65. The Morgan fingerprint density at radius 3 is 2.91 bits per heavy atom. The fraction of sp³-hybridized carbons (Fsp3) is 0.611. The number of carbonyl (C=O) groups excluding carboxylic acids is 1. The number of carbonyl (C=O) groups is 1. The summed E-state index contributed by atoms with van der Waals surface area (Å²) in [5.74, 6) is 0.639. The maximum absolute atomic E-state index is 11.4. The van der Waals surface area contributed by atoms with Crippen molar-refractivity contribution in [2.75, 3.05) is 33.3 Å². The van der Waals surface area contributed by atoms with Crippen LogP contribution in [-0.4, -0.2) is 56.3 Å². The summed E-state index contributed by atoms with van der Waals surface area (Å²) in [5.41, 5.74) is 1.21. The van der Waals surface area contributed by atoms with Crippen molar-refractivity contribution >= 4 is 5.91 Å². The first-order valence-electron chi connectivity index (χ1n) is 8.44. The third-order valence-corrected chi connectivity index (χ3v) is 4.74. The maximum atomic E-state index is 11.4. The molecule has 0 spiro atoms. The van der Waals surface area contributed by atoms with Gasteiger partial charge in [-0.2, -0.15) is 0 Å². The Hall–Kier alpha value is -1.43. The zero-order valence-electron chi connectivity index (χ0n) is 13.7. The number of fused-ring (bicyclic) bond motifs is 1. The molecular formula is C18H26N2O3. The van der Waals surface area contributed by atoms with Gasteiger partial charge in [0, 0.05) is 32.6 Å². The van der Waals surface area contributed by atoms with Gasteiger partial charge in [0.25, 0.3) is 0 Å². The van der Waals surface area contributed by atoms with E-state index in [1.54, 1.807) is 7.05 Å². The summed E-state index contributed by atoms with van der Waals surface area (Å²) in [5, 5.41) is 2.67. The van der Waals surface area contributed by atoms with Gasteiger partial charge < -0.3 is 14.8 Å². The van der Waals surface area contributed by atoms with Gasteiger partial charge in [0.05, 0.1) is 31.8 Å². The molecule has 3 rings (SSSR count). The largest absolute Gasteiger partial charge is 0.375 e. The second kappa shape index (κ2) is 7.90. The molecule has 23 heavy (non-hydrogen) atoms. The first-order chi connectivity index (χ1) is 11.2. The van der Waals surface area contributed by atoms with Crippen LogP contribution in [0.3, 0.4) is 0 Å². The molecule has 1 amide bonds. The van der Waals surface area contributed by atoms with Gasteiger partial charge in [-0.1, -0.05) is 30.3 Å². The smallest absolute Gasteiger partial charge is 0.222 e. The molecule has 0 aromatic heterocycles. The van der Waals surface area contributed by atoms with E-state index >= 15 is 0 Å². The highest BCUT2D eigenvalue weighted by Crippen LogP contribution is 2.34. The van der Waals surface area contributed by atoms with Gasteiger partial charge in [-0.15, -0.1) is 0 Å². The lowest BCUT2D eigenvalue weighted by Crippen LogP contribution is -2.30. The highest BCUT2D eigenvalue weighted by Gasteiger charge is 2.42. The third-order valence-electron chi connectivity index (χ3n) is 4.74. The second-order valence-corrected chi connectivity index (χ2v) is 6.47. The number of nitrogens with one attached hydrogen (secondary N) is 1. The maximum Gasteiger partial charge on any atom is 0.222 e. The predicted molar refractivity (Wildman–Crippen MR) is 88.0 cm³/mol. The molecule has 5 heteroatoms. The highest BCUT2D eigenvalue weighted by atomic mass is 16.5. The van der Waals surface area contributed by atoms with Crippen molar-refractivity contribution < 1.29 is 14.3 Å². The van der Waals surface area contributed by atoms with Crippen LogP contribution in [0.4, 0.5) is 0 Å². The Labute approximate surface area is 137 Å². The normalized spacial score (nSPS) is 27.1. The molecule has 0 unspecified atom stereocenters. The molecule has 2 fully saturated rings. The number of nitrogens with zero attached hydrogens (tertiary/aromatic N) is 1. The first kappa shape index (κ1) is 16.4. The summed E-state index contributed by atoms with van der Waals surface area (Å²) in [6.07, 6.45) is 1.88. The molecule has 1 aromatic carbocycles. The van der Waals surface area contributed by atoms with Crippen LogP contribution < -0.4 is 5.32 Å². The molecule has 0 saturated carbocycles.